The van der Waals surface area contributed by atoms with Crippen molar-refractivity contribution in [1.29, 1.82) is 0 Å². The van der Waals surface area contributed by atoms with Crippen LogP contribution in [0.5, 0.6) is 0 Å². The summed E-state index contributed by atoms with van der Waals surface area (Å²) in [6, 6.07) is 1.22. The van der Waals surface area contributed by atoms with Crippen molar-refractivity contribution in [3.05, 3.63) is 0 Å². The zero-order valence-electron chi connectivity index (χ0n) is 8.04. The van der Waals surface area contributed by atoms with Gasteiger partial charge in [-0.25, -0.2) is 0 Å². The molecule has 2 N–H and O–H groups in total. The third kappa shape index (κ3) is 2.22. The highest BCUT2D eigenvalue weighted by atomic mass is 16.6. The van der Waals surface area contributed by atoms with E-state index in [0.717, 1.165) is 12.0 Å². The lowest BCUT2D eigenvalue weighted by atomic mass is 9.85. The third-order valence-electron chi connectivity index (χ3n) is 3.36. The van der Waals surface area contributed by atoms with Crippen LogP contribution in [0.3, 0.4) is 0 Å². The molecule has 0 bridgehead atoms. The standard InChI is InChI=1S/C10H19NO2/c12-7-13-6-9-5-8-3-1-2-4-10(8)11-9/h8-12H,1-7H2/t8-,9-,10-/m0/s1. The van der Waals surface area contributed by atoms with Crippen LogP contribution in [0.4, 0.5) is 0 Å². The Labute approximate surface area is 79.5 Å². The van der Waals surface area contributed by atoms with Crippen molar-refractivity contribution in [3.8, 4) is 0 Å². The summed E-state index contributed by atoms with van der Waals surface area (Å²) >= 11 is 0. The summed E-state index contributed by atoms with van der Waals surface area (Å²) in [6.07, 6.45) is 6.73. The van der Waals surface area contributed by atoms with Gasteiger partial charge in [-0.3, -0.25) is 0 Å². The molecule has 3 atom stereocenters. The number of aliphatic hydroxyl groups excluding tert-OH is 1. The molecule has 1 aliphatic heterocycles. The van der Waals surface area contributed by atoms with Crippen molar-refractivity contribution < 1.29 is 9.84 Å². The van der Waals surface area contributed by atoms with E-state index in [1.54, 1.807) is 0 Å². The van der Waals surface area contributed by atoms with E-state index in [-0.39, 0.29) is 6.79 Å². The molecule has 1 saturated heterocycles. The molecule has 13 heavy (non-hydrogen) atoms. The fourth-order valence-corrected chi connectivity index (χ4v) is 2.76. The first-order valence-electron chi connectivity index (χ1n) is 5.35. The Morgan fingerprint density at radius 3 is 2.92 bits per heavy atom. The van der Waals surface area contributed by atoms with E-state index in [1.807, 2.05) is 0 Å². The van der Waals surface area contributed by atoms with Crippen molar-refractivity contribution in [2.45, 2.75) is 44.2 Å². The molecule has 0 aromatic carbocycles. The maximum atomic E-state index is 8.54. The molecule has 2 aliphatic rings. The average Bonchev–Trinajstić information content (AvgIpc) is 2.57. The molecular formula is C10H19NO2. The van der Waals surface area contributed by atoms with E-state index in [9.17, 15) is 0 Å². The van der Waals surface area contributed by atoms with Gasteiger partial charge in [0.25, 0.3) is 0 Å². The Morgan fingerprint density at radius 1 is 1.31 bits per heavy atom. The van der Waals surface area contributed by atoms with Crippen molar-refractivity contribution >= 4 is 0 Å². The summed E-state index contributed by atoms with van der Waals surface area (Å²) in [5, 5.41) is 12.1. The molecule has 3 nitrogen and oxygen atoms in total. The summed E-state index contributed by atoms with van der Waals surface area (Å²) in [6.45, 7) is 0.525. The Kier molecular flexibility index (Phi) is 3.19. The monoisotopic (exact) mass is 185 g/mol. The maximum Gasteiger partial charge on any atom is 0.143 e. The van der Waals surface area contributed by atoms with Crippen LogP contribution >= 0.6 is 0 Å². The average molecular weight is 185 g/mol. The quantitative estimate of drug-likeness (QED) is 0.641. The number of hydrogen-bond donors (Lipinski definition) is 2. The third-order valence-corrected chi connectivity index (χ3v) is 3.36. The lowest BCUT2D eigenvalue weighted by Gasteiger charge is -2.24. The van der Waals surface area contributed by atoms with Crippen LogP contribution < -0.4 is 5.32 Å². The van der Waals surface area contributed by atoms with Gasteiger partial charge in [0.2, 0.25) is 0 Å². The molecule has 2 fully saturated rings. The van der Waals surface area contributed by atoms with Crippen LogP contribution in [0.25, 0.3) is 0 Å². The van der Waals surface area contributed by atoms with E-state index in [2.05, 4.69) is 5.32 Å². The minimum Gasteiger partial charge on any atom is -0.371 e. The molecule has 0 radical (unpaired) electrons. The van der Waals surface area contributed by atoms with Crippen molar-refractivity contribution in [2.75, 3.05) is 13.4 Å². The van der Waals surface area contributed by atoms with Gasteiger partial charge in [-0.1, -0.05) is 12.8 Å². The largest absolute Gasteiger partial charge is 0.371 e. The molecule has 2 rings (SSSR count). The fourth-order valence-electron chi connectivity index (χ4n) is 2.76. The van der Waals surface area contributed by atoms with Crippen LogP contribution in [0.2, 0.25) is 0 Å². The predicted molar refractivity (Wildman–Crippen MR) is 50.3 cm³/mol. The fraction of sp³-hybridized carbons (Fsp3) is 1.00. The SMILES string of the molecule is OCOC[C@@H]1C[C@@H]2CCCC[C@@H]2N1. The number of rotatable bonds is 3. The highest BCUT2D eigenvalue weighted by molar-refractivity contribution is 4.92. The van der Waals surface area contributed by atoms with Crippen LogP contribution in [-0.4, -0.2) is 30.6 Å². The summed E-state index contributed by atoms with van der Waals surface area (Å²) in [7, 11) is 0. The van der Waals surface area contributed by atoms with Gasteiger partial charge >= 0.3 is 0 Å². The molecule has 1 saturated carbocycles. The Bertz CT molecular complexity index is 149. The van der Waals surface area contributed by atoms with E-state index in [0.29, 0.717) is 12.6 Å². The van der Waals surface area contributed by atoms with E-state index in [1.165, 1.54) is 32.1 Å². The van der Waals surface area contributed by atoms with Gasteiger partial charge in [-0.2, -0.15) is 0 Å². The number of ether oxygens (including phenoxy) is 1. The van der Waals surface area contributed by atoms with Gasteiger partial charge in [-0.05, 0) is 25.2 Å². The van der Waals surface area contributed by atoms with Gasteiger partial charge in [0.1, 0.15) is 6.79 Å². The number of hydrogen-bond acceptors (Lipinski definition) is 3. The molecule has 3 heteroatoms. The van der Waals surface area contributed by atoms with Gasteiger partial charge in [0.15, 0.2) is 0 Å². The first-order valence-corrected chi connectivity index (χ1v) is 5.35. The zero-order valence-corrected chi connectivity index (χ0v) is 8.04. The first kappa shape index (κ1) is 9.44. The number of aliphatic hydroxyl groups is 1. The molecular weight excluding hydrogens is 166 g/mol. The predicted octanol–water partition coefficient (Wildman–Crippen LogP) is 0.873. The van der Waals surface area contributed by atoms with E-state index in [4.69, 9.17) is 9.84 Å². The van der Waals surface area contributed by atoms with E-state index >= 15 is 0 Å². The normalized spacial score (nSPS) is 39.0. The van der Waals surface area contributed by atoms with E-state index < -0.39 is 0 Å². The highest BCUT2D eigenvalue weighted by Crippen LogP contribution is 2.33. The van der Waals surface area contributed by atoms with Gasteiger partial charge in [0, 0.05) is 12.1 Å². The molecule has 1 aliphatic carbocycles. The lowest BCUT2D eigenvalue weighted by molar-refractivity contribution is -0.00959. The van der Waals surface area contributed by atoms with Crippen LogP contribution in [-0.2, 0) is 4.74 Å². The van der Waals surface area contributed by atoms with Gasteiger partial charge in [0.05, 0.1) is 6.61 Å². The molecule has 1 heterocycles. The molecule has 0 spiro atoms. The molecule has 0 unspecified atom stereocenters. The second-order valence-corrected chi connectivity index (χ2v) is 4.25. The minimum atomic E-state index is -0.145. The second-order valence-electron chi connectivity index (χ2n) is 4.25. The summed E-state index contributed by atoms with van der Waals surface area (Å²) in [5.74, 6) is 0.876. The van der Waals surface area contributed by atoms with Crippen molar-refractivity contribution in [1.82, 2.24) is 5.32 Å². The molecule has 0 amide bonds. The van der Waals surface area contributed by atoms with Gasteiger partial charge < -0.3 is 15.2 Å². The van der Waals surface area contributed by atoms with Crippen LogP contribution in [0.15, 0.2) is 0 Å². The Hall–Kier alpha value is -0.120. The number of nitrogens with one attached hydrogen (secondary N) is 1. The minimum absolute atomic E-state index is 0.145. The molecule has 0 aromatic heterocycles. The smallest absolute Gasteiger partial charge is 0.143 e. The Balaban J connectivity index is 1.77. The maximum absolute atomic E-state index is 8.54. The Morgan fingerprint density at radius 2 is 2.15 bits per heavy atom. The van der Waals surface area contributed by atoms with Crippen LogP contribution in [0, 0.1) is 5.92 Å². The van der Waals surface area contributed by atoms with Crippen molar-refractivity contribution in [2.24, 2.45) is 5.92 Å². The summed E-state index contributed by atoms with van der Waals surface area (Å²) < 4.78 is 5.02. The van der Waals surface area contributed by atoms with Crippen LogP contribution in [0.1, 0.15) is 32.1 Å². The van der Waals surface area contributed by atoms with Gasteiger partial charge in [-0.15, -0.1) is 0 Å². The topological polar surface area (TPSA) is 41.5 Å². The lowest BCUT2D eigenvalue weighted by Crippen LogP contribution is -2.35. The number of fused-ring (bicyclic) bond motifs is 1. The second kappa shape index (κ2) is 4.40. The first-order chi connectivity index (χ1) is 6.40. The summed E-state index contributed by atoms with van der Waals surface area (Å²) in [4.78, 5) is 0. The summed E-state index contributed by atoms with van der Waals surface area (Å²) in [5.41, 5.74) is 0. The van der Waals surface area contributed by atoms with Crippen molar-refractivity contribution in [3.63, 3.8) is 0 Å². The molecule has 0 aromatic rings. The zero-order chi connectivity index (χ0) is 9.10. The molecule has 76 valence electrons. The highest BCUT2D eigenvalue weighted by Gasteiger charge is 2.34.